The predicted octanol–water partition coefficient (Wildman–Crippen LogP) is 3.22. The van der Waals surface area contributed by atoms with Gasteiger partial charge < -0.3 is 15.6 Å². The van der Waals surface area contributed by atoms with Crippen LogP contribution in [0.3, 0.4) is 0 Å². The first-order valence-corrected chi connectivity index (χ1v) is 7.63. The van der Waals surface area contributed by atoms with E-state index in [1.807, 2.05) is 31.2 Å². The van der Waals surface area contributed by atoms with Gasteiger partial charge in [-0.2, -0.15) is 13.2 Å². The molecule has 0 spiro atoms. The number of aromatic amines is 1. The Morgan fingerprint density at radius 1 is 1.22 bits per heavy atom. The number of nitrogens with zero attached hydrogens (tertiary/aromatic N) is 1. The van der Waals surface area contributed by atoms with Crippen LogP contribution in [-0.2, 0) is 6.42 Å². The lowest BCUT2D eigenvalue weighted by Crippen LogP contribution is -2.38. The molecular formula is C16H21F3N4. The van der Waals surface area contributed by atoms with E-state index < -0.39 is 12.6 Å². The lowest BCUT2D eigenvalue weighted by Gasteiger charge is -2.11. The van der Waals surface area contributed by atoms with Crippen molar-refractivity contribution in [2.75, 3.05) is 19.6 Å². The minimum absolute atomic E-state index is 0.273. The zero-order valence-corrected chi connectivity index (χ0v) is 13.0. The molecule has 0 aliphatic heterocycles. The molecule has 0 atom stereocenters. The summed E-state index contributed by atoms with van der Waals surface area (Å²) in [6, 6.07) is 10.1. The lowest BCUT2D eigenvalue weighted by molar-refractivity contribution is -0.132. The number of fused-ring (bicyclic) bond motifs is 1. The molecule has 126 valence electrons. The number of nitrogens with one attached hydrogen (secondary N) is 3. The van der Waals surface area contributed by atoms with Crippen molar-refractivity contribution in [3.8, 4) is 0 Å². The SMILES string of the molecule is CCNC(=NCCC(F)(F)F)NCCc1cc2ccccc2[nH]1. The van der Waals surface area contributed by atoms with Gasteiger partial charge in [0.25, 0.3) is 0 Å². The third-order valence-corrected chi connectivity index (χ3v) is 3.28. The Morgan fingerprint density at radius 2 is 2.00 bits per heavy atom. The number of aromatic nitrogens is 1. The van der Waals surface area contributed by atoms with Crippen molar-refractivity contribution < 1.29 is 13.2 Å². The second kappa shape index (κ2) is 7.89. The molecule has 0 amide bonds. The Labute approximate surface area is 133 Å². The van der Waals surface area contributed by atoms with Crippen LogP contribution in [0.1, 0.15) is 19.0 Å². The van der Waals surface area contributed by atoms with E-state index in [9.17, 15) is 13.2 Å². The van der Waals surface area contributed by atoms with E-state index >= 15 is 0 Å². The number of H-pyrrole nitrogens is 1. The lowest BCUT2D eigenvalue weighted by atomic mass is 10.2. The van der Waals surface area contributed by atoms with E-state index in [2.05, 4.69) is 26.7 Å². The third kappa shape index (κ3) is 5.84. The summed E-state index contributed by atoms with van der Waals surface area (Å²) in [5.41, 5.74) is 2.15. The second-order valence-corrected chi connectivity index (χ2v) is 5.18. The highest BCUT2D eigenvalue weighted by Crippen LogP contribution is 2.18. The smallest absolute Gasteiger partial charge is 0.358 e. The van der Waals surface area contributed by atoms with Crippen LogP contribution >= 0.6 is 0 Å². The number of hydrogen-bond acceptors (Lipinski definition) is 1. The molecule has 0 unspecified atom stereocenters. The van der Waals surface area contributed by atoms with Gasteiger partial charge in [-0.1, -0.05) is 18.2 Å². The largest absolute Gasteiger partial charge is 0.390 e. The van der Waals surface area contributed by atoms with Crippen LogP contribution in [0, 0.1) is 0 Å². The van der Waals surface area contributed by atoms with Crippen molar-refractivity contribution in [3.63, 3.8) is 0 Å². The molecule has 4 nitrogen and oxygen atoms in total. The van der Waals surface area contributed by atoms with Crippen molar-refractivity contribution in [2.45, 2.75) is 25.9 Å². The average molecular weight is 326 g/mol. The maximum atomic E-state index is 12.2. The molecule has 2 rings (SSSR count). The fourth-order valence-electron chi connectivity index (χ4n) is 2.22. The van der Waals surface area contributed by atoms with Crippen LogP contribution in [-0.4, -0.2) is 36.8 Å². The Kier molecular flexibility index (Phi) is 5.90. The van der Waals surface area contributed by atoms with E-state index in [-0.39, 0.29) is 6.54 Å². The van der Waals surface area contributed by atoms with Crippen LogP contribution in [0.2, 0.25) is 0 Å². The van der Waals surface area contributed by atoms with E-state index in [1.54, 1.807) is 0 Å². The Hall–Kier alpha value is -2.18. The summed E-state index contributed by atoms with van der Waals surface area (Å²) in [4.78, 5) is 7.25. The van der Waals surface area contributed by atoms with E-state index in [0.29, 0.717) is 19.0 Å². The molecule has 0 radical (unpaired) electrons. The van der Waals surface area contributed by atoms with Gasteiger partial charge in [-0.15, -0.1) is 0 Å². The molecule has 0 bridgehead atoms. The molecule has 1 aromatic heterocycles. The molecule has 0 saturated carbocycles. The van der Waals surface area contributed by atoms with Crippen LogP contribution in [0.15, 0.2) is 35.3 Å². The van der Waals surface area contributed by atoms with Gasteiger partial charge in [-0.3, -0.25) is 4.99 Å². The highest BCUT2D eigenvalue weighted by atomic mass is 19.4. The van der Waals surface area contributed by atoms with Gasteiger partial charge in [0.1, 0.15) is 0 Å². The Bertz CT molecular complexity index is 613. The van der Waals surface area contributed by atoms with Gasteiger partial charge in [0.05, 0.1) is 13.0 Å². The summed E-state index contributed by atoms with van der Waals surface area (Å²) < 4.78 is 36.5. The first-order valence-electron chi connectivity index (χ1n) is 7.63. The van der Waals surface area contributed by atoms with Crippen LogP contribution in [0.25, 0.3) is 10.9 Å². The van der Waals surface area contributed by atoms with Gasteiger partial charge in [-0.25, -0.2) is 0 Å². The minimum Gasteiger partial charge on any atom is -0.358 e. The molecule has 0 saturated heterocycles. The molecule has 2 aromatic rings. The van der Waals surface area contributed by atoms with Gasteiger partial charge >= 0.3 is 6.18 Å². The maximum Gasteiger partial charge on any atom is 0.390 e. The van der Waals surface area contributed by atoms with Crippen LogP contribution in [0.4, 0.5) is 13.2 Å². The van der Waals surface area contributed by atoms with Crippen molar-refractivity contribution >= 4 is 16.9 Å². The first kappa shape index (κ1) is 17.2. The number of benzene rings is 1. The Morgan fingerprint density at radius 3 is 2.70 bits per heavy atom. The number of aliphatic imine (C=N–C) groups is 1. The van der Waals surface area contributed by atoms with Gasteiger partial charge in [0, 0.05) is 30.7 Å². The van der Waals surface area contributed by atoms with Gasteiger partial charge in [0.2, 0.25) is 0 Å². The second-order valence-electron chi connectivity index (χ2n) is 5.18. The van der Waals surface area contributed by atoms with Crippen molar-refractivity contribution in [1.82, 2.24) is 15.6 Å². The molecule has 0 fully saturated rings. The fraction of sp³-hybridized carbons (Fsp3) is 0.438. The summed E-state index contributed by atoms with van der Waals surface area (Å²) >= 11 is 0. The third-order valence-electron chi connectivity index (χ3n) is 3.28. The first-order chi connectivity index (χ1) is 11.0. The maximum absolute atomic E-state index is 12.2. The predicted molar refractivity (Wildman–Crippen MR) is 86.7 cm³/mol. The molecule has 0 aliphatic rings. The number of para-hydroxylation sites is 1. The molecule has 1 heterocycles. The van der Waals surface area contributed by atoms with Crippen molar-refractivity contribution in [1.29, 1.82) is 0 Å². The van der Waals surface area contributed by atoms with Crippen LogP contribution in [0.5, 0.6) is 0 Å². The molecule has 0 aliphatic carbocycles. The highest BCUT2D eigenvalue weighted by Gasteiger charge is 2.26. The van der Waals surface area contributed by atoms with Gasteiger partial charge in [-0.05, 0) is 24.4 Å². The zero-order valence-electron chi connectivity index (χ0n) is 13.0. The molecule has 1 aromatic carbocycles. The average Bonchev–Trinajstić information content (AvgIpc) is 2.88. The van der Waals surface area contributed by atoms with E-state index in [0.717, 1.165) is 23.0 Å². The molecular weight excluding hydrogens is 305 g/mol. The summed E-state index contributed by atoms with van der Waals surface area (Å²) in [5.74, 6) is 0.410. The molecule has 7 heteroatoms. The topological polar surface area (TPSA) is 52.2 Å². The van der Waals surface area contributed by atoms with Crippen molar-refractivity contribution in [3.05, 3.63) is 36.0 Å². The van der Waals surface area contributed by atoms with Crippen molar-refractivity contribution in [2.24, 2.45) is 4.99 Å². The summed E-state index contributed by atoms with van der Waals surface area (Å²) in [7, 11) is 0. The quantitative estimate of drug-likeness (QED) is 0.564. The van der Waals surface area contributed by atoms with Gasteiger partial charge in [0.15, 0.2) is 5.96 Å². The fourth-order valence-corrected chi connectivity index (χ4v) is 2.22. The molecule has 3 N–H and O–H groups in total. The normalized spacial score (nSPS) is 12.6. The zero-order chi connectivity index (χ0) is 16.7. The van der Waals surface area contributed by atoms with Crippen LogP contribution < -0.4 is 10.6 Å². The summed E-state index contributed by atoms with van der Waals surface area (Å²) in [5, 5.41) is 7.14. The number of rotatable bonds is 6. The standard InChI is InChI=1S/C16H21F3N4/c1-2-20-15(22-10-8-16(17,18)19)21-9-7-13-11-12-5-3-4-6-14(12)23-13/h3-6,11,23H,2,7-10H2,1H3,(H2,20,21,22). The minimum atomic E-state index is -4.18. The Balaban J connectivity index is 1.84. The number of halogens is 3. The van der Waals surface area contributed by atoms with E-state index in [4.69, 9.17) is 0 Å². The number of alkyl halides is 3. The number of hydrogen-bond donors (Lipinski definition) is 3. The summed E-state index contributed by atoms with van der Waals surface area (Å²) in [6.07, 6.45) is -4.35. The molecule has 23 heavy (non-hydrogen) atoms. The van der Waals surface area contributed by atoms with E-state index in [1.165, 1.54) is 0 Å². The summed E-state index contributed by atoms with van der Waals surface area (Å²) in [6.45, 7) is 2.79. The number of guanidine groups is 1. The highest BCUT2D eigenvalue weighted by molar-refractivity contribution is 5.81. The monoisotopic (exact) mass is 326 g/mol.